The van der Waals surface area contributed by atoms with Crippen molar-refractivity contribution in [2.75, 3.05) is 0 Å². The van der Waals surface area contributed by atoms with Crippen molar-refractivity contribution in [3.8, 4) is 0 Å². The summed E-state index contributed by atoms with van der Waals surface area (Å²) in [5, 5.41) is 6.84. The zero-order chi connectivity index (χ0) is 10.8. The first-order chi connectivity index (χ1) is 7.16. The molecule has 4 heteroatoms. The molecule has 0 fully saturated rings. The van der Waals surface area contributed by atoms with E-state index in [1.165, 1.54) is 5.56 Å². The second kappa shape index (κ2) is 3.82. The molecule has 2 rings (SSSR count). The van der Waals surface area contributed by atoms with Gasteiger partial charge in [-0.05, 0) is 19.4 Å². The van der Waals surface area contributed by atoms with E-state index in [0.717, 1.165) is 11.4 Å². The maximum atomic E-state index is 6.03. The number of benzene rings is 1. The second-order valence-electron chi connectivity index (χ2n) is 3.67. The van der Waals surface area contributed by atoms with Crippen LogP contribution in [0, 0.1) is 13.8 Å². The fraction of sp³-hybridized carbons (Fsp3) is 0.273. The van der Waals surface area contributed by atoms with Crippen molar-refractivity contribution < 1.29 is 0 Å². The maximum Gasteiger partial charge on any atom is 0.171 e. The van der Waals surface area contributed by atoms with E-state index in [1.807, 2.05) is 38.1 Å². The number of aromatic nitrogens is 3. The smallest absolute Gasteiger partial charge is 0.171 e. The van der Waals surface area contributed by atoms with Gasteiger partial charge >= 0.3 is 0 Å². The van der Waals surface area contributed by atoms with Crippen molar-refractivity contribution in [1.82, 2.24) is 15.2 Å². The molecular formula is C11H14N4. The molecule has 1 atom stereocenters. The Morgan fingerprint density at radius 1 is 1.20 bits per heavy atom. The number of hydrogen-bond donors (Lipinski definition) is 2. The molecule has 0 radical (unpaired) electrons. The molecule has 15 heavy (non-hydrogen) atoms. The summed E-state index contributed by atoms with van der Waals surface area (Å²) >= 11 is 0. The molecule has 1 heterocycles. The summed E-state index contributed by atoms with van der Waals surface area (Å²) in [5.74, 6) is 1.42. The first-order valence-electron chi connectivity index (χ1n) is 4.88. The molecule has 0 aliphatic rings. The van der Waals surface area contributed by atoms with Gasteiger partial charge in [-0.2, -0.15) is 5.10 Å². The van der Waals surface area contributed by atoms with Gasteiger partial charge < -0.3 is 5.73 Å². The predicted molar refractivity (Wildman–Crippen MR) is 58.3 cm³/mol. The largest absolute Gasteiger partial charge is 0.318 e. The van der Waals surface area contributed by atoms with Crippen molar-refractivity contribution in [1.29, 1.82) is 0 Å². The lowest BCUT2D eigenvalue weighted by atomic mass is 10.1. The van der Waals surface area contributed by atoms with Crippen molar-refractivity contribution in [2.45, 2.75) is 19.9 Å². The molecule has 4 nitrogen and oxygen atoms in total. The van der Waals surface area contributed by atoms with E-state index in [-0.39, 0.29) is 6.04 Å². The number of aromatic amines is 1. The minimum Gasteiger partial charge on any atom is -0.318 e. The van der Waals surface area contributed by atoms with E-state index >= 15 is 0 Å². The maximum absolute atomic E-state index is 6.03. The van der Waals surface area contributed by atoms with Crippen LogP contribution in [0.15, 0.2) is 24.3 Å². The quantitative estimate of drug-likeness (QED) is 0.774. The Morgan fingerprint density at radius 3 is 2.40 bits per heavy atom. The van der Waals surface area contributed by atoms with Crippen LogP contribution in [-0.4, -0.2) is 15.2 Å². The summed E-state index contributed by atoms with van der Waals surface area (Å²) in [6, 6.07) is 7.83. The van der Waals surface area contributed by atoms with Crippen molar-refractivity contribution in [2.24, 2.45) is 5.73 Å². The van der Waals surface area contributed by atoms with Gasteiger partial charge in [0.25, 0.3) is 0 Å². The average molecular weight is 202 g/mol. The van der Waals surface area contributed by atoms with Crippen LogP contribution in [0.3, 0.4) is 0 Å². The van der Waals surface area contributed by atoms with Gasteiger partial charge in [0, 0.05) is 0 Å². The fourth-order valence-corrected chi connectivity index (χ4v) is 1.42. The second-order valence-corrected chi connectivity index (χ2v) is 3.67. The number of rotatable bonds is 2. The van der Waals surface area contributed by atoms with E-state index in [9.17, 15) is 0 Å². The zero-order valence-electron chi connectivity index (χ0n) is 8.86. The van der Waals surface area contributed by atoms with Crippen molar-refractivity contribution in [3.63, 3.8) is 0 Å². The van der Waals surface area contributed by atoms with Gasteiger partial charge in [-0.25, -0.2) is 4.98 Å². The number of aryl methyl sites for hydroxylation is 2. The lowest BCUT2D eigenvalue weighted by molar-refractivity contribution is 0.787. The zero-order valence-corrected chi connectivity index (χ0v) is 8.86. The summed E-state index contributed by atoms with van der Waals surface area (Å²) in [4.78, 5) is 4.22. The fourth-order valence-electron chi connectivity index (χ4n) is 1.42. The van der Waals surface area contributed by atoms with Gasteiger partial charge in [-0.15, -0.1) is 0 Å². The van der Waals surface area contributed by atoms with Crippen molar-refractivity contribution >= 4 is 0 Å². The Bertz CT molecular complexity index is 444. The highest BCUT2D eigenvalue weighted by Gasteiger charge is 2.12. The van der Waals surface area contributed by atoms with Crippen molar-refractivity contribution in [3.05, 3.63) is 47.0 Å². The van der Waals surface area contributed by atoms with E-state index in [1.54, 1.807) is 0 Å². The third-order valence-corrected chi connectivity index (χ3v) is 2.33. The molecule has 78 valence electrons. The summed E-state index contributed by atoms with van der Waals surface area (Å²) in [7, 11) is 0. The highest BCUT2D eigenvalue weighted by Crippen LogP contribution is 2.16. The molecule has 0 saturated carbocycles. The number of nitrogens with zero attached hydrogens (tertiary/aromatic N) is 2. The Morgan fingerprint density at radius 2 is 1.87 bits per heavy atom. The van der Waals surface area contributed by atoms with Crippen LogP contribution >= 0.6 is 0 Å². The third-order valence-electron chi connectivity index (χ3n) is 2.33. The van der Waals surface area contributed by atoms with E-state index in [4.69, 9.17) is 5.73 Å². The Kier molecular flexibility index (Phi) is 2.51. The Balaban J connectivity index is 2.28. The minimum atomic E-state index is -0.254. The predicted octanol–water partition coefficient (Wildman–Crippen LogP) is 1.47. The van der Waals surface area contributed by atoms with Gasteiger partial charge in [0.2, 0.25) is 0 Å². The molecule has 1 aromatic heterocycles. The van der Waals surface area contributed by atoms with Crippen LogP contribution < -0.4 is 5.73 Å². The lowest BCUT2D eigenvalue weighted by Crippen LogP contribution is -2.13. The third kappa shape index (κ3) is 2.05. The summed E-state index contributed by atoms with van der Waals surface area (Å²) in [6.45, 7) is 3.91. The normalized spacial score (nSPS) is 12.7. The summed E-state index contributed by atoms with van der Waals surface area (Å²) < 4.78 is 0. The van der Waals surface area contributed by atoms with Gasteiger partial charge in [0.1, 0.15) is 5.82 Å². The number of nitrogens with two attached hydrogens (primary N) is 1. The van der Waals surface area contributed by atoms with Gasteiger partial charge in [0.15, 0.2) is 5.82 Å². The molecule has 0 bridgehead atoms. The van der Waals surface area contributed by atoms with Gasteiger partial charge in [-0.3, -0.25) is 5.10 Å². The first kappa shape index (κ1) is 9.86. The first-order valence-corrected chi connectivity index (χ1v) is 4.88. The molecule has 0 spiro atoms. The highest BCUT2D eigenvalue weighted by atomic mass is 15.2. The topological polar surface area (TPSA) is 67.6 Å². The molecule has 0 saturated heterocycles. The SMILES string of the molecule is Cc1ccc([C@@H](N)c2n[nH]c(C)n2)cc1. The number of H-pyrrole nitrogens is 1. The highest BCUT2D eigenvalue weighted by molar-refractivity contribution is 5.27. The number of nitrogens with one attached hydrogen (secondary N) is 1. The Hall–Kier alpha value is -1.68. The van der Waals surface area contributed by atoms with Crippen LogP contribution in [0.5, 0.6) is 0 Å². The molecule has 1 aromatic carbocycles. The minimum absolute atomic E-state index is 0.254. The lowest BCUT2D eigenvalue weighted by Gasteiger charge is -2.07. The molecule has 0 unspecified atom stereocenters. The molecule has 0 amide bonds. The van der Waals surface area contributed by atoms with Gasteiger partial charge in [-0.1, -0.05) is 29.8 Å². The Labute approximate surface area is 88.5 Å². The van der Waals surface area contributed by atoms with Crippen LogP contribution in [-0.2, 0) is 0 Å². The monoisotopic (exact) mass is 202 g/mol. The van der Waals surface area contributed by atoms with E-state index < -0.39 is 0 Å². The molecule has 2 aromatic rings. The molecule has 3 N–H and O–H groups in total. The van der Waals surface area contributed by atoms with Crippen LogP contribution in [0.25, 0.3) is 0 Å². The molecule has 0 aliphatic carbocycles. The summed E-state index contributed by atoms with van der Waals surface area (Å²) in [6.07, 6.45) is 0. The summed E-state index contributed by atoms with van der Waals surface area (Å²) in [5.41, 5.74) is 8.28. The van der Waals surface area contributed by atoms with E-state index in [0.29, 0.717) is 5.82 Å². The van der Waals surface area contributed by atoms with Crippen LogP contribution in [0.2, 0.25) is 0 Å². The molecule has 0 aliphatic heterocycles. The van der Waals surface area contributed by atoms with Crippen LogP contribution in [0.1, 0.15) is 28.8 Å². The molecular weight excluding hydrogens is 188 g/mol. The van der Waals surface area contributed by atoms with Gasteiger partial charge in [0.05, 0.1) is 6.04 Å². The van der Waals surface area contributed by atoms with Crippen LogP contribution in [0.4, 0.5) is 0 Å². The standard InChI is InChI=1S/C11H14N4/c1-7-3-5-9(6-4-7)10(12)11-13-8(2)14-15-11/h3-6,10H,12H2,1-2H3,(H,13,14,15)/t10-/m1/s1. The average Bonchev–Trinajstić information content (AvgIpc) is 2.65. The number of hydrogen-bond acceptors (Lipinski definition) is 3. The van der Waals surface area contributed by atoms with E-state index in [2.05, 4.69) is 15.2 Å².